The summed E-state index contributed by atoms with van der Waals surface area (Å²) < 4.78 is 65.9. The van der Waals surface area contributed by atoms with E-state index in [9.17, 15) is 22.4 Å². The van der Waals surface area contributed by atoms with Crippen molar-refractivity contribution >= 4 is 11.6 Å². The third kappa shape index (κ3) is 5.03. The van der Waals surface area contributed by atoms with Crippen LogP contribution in [0.25, 0.3) is 0 Å². The molecule has 9 heteroatoms. The summed E-state index contributed by atoms with van der Waals surface area (Å²) in [6, 6.07) is 11.0. The zero-order valence-corrected chi connectivity index (χ0v) is 14.1. The number of amides is 1. The summed E-state index contributed by atoms with van der Waals surface area (Å²) in [5, 5.41) is 2.31. The molecule has 0 radical (unpaired) electrons. The van der Waals surface area contributed by atoms with Crippen molar-refractivity contribution in [2.45, 2.75) is 13.2 Å². The Morgan fingerprint density at radius 1 is 1.00 bits per heavy atom. The molecule has 3 rings (SSSR count). The van der Waals surface area contributed by atoms with Gasteiger partial charge in [-0.15, -0.1) is 0 Å². The molecule has 1 aromatic heterocycles. The predicted octanol–water partition coefficient (Wildman–Crippen LogP) is 4.99. The molecule has 0 fully saturated rings. The van der Waals surface area contributed by atoms with Gasteiger partial charge in [-0.2, -0.15) is 8.78 Å². The molecule has 0 aliphatic carbocycles. The molecule has 1 heterocycles. The fourth-order valence-corrected chi connectivity index (χ4v) is 2.24. The van der Waals surface area contributed by atoms with Gasteiger partial charge in [0.1, 0.15) is 29.8 Å². The molecule has 5 nitrogen and oxygen atoms in total. The minimum absolute atomic E-state index is 0.0186. The Kier molecular flexibility index (Phi) is 5.83. The number of hydrogen-bond donors (Lipinski definition) is 1. The van der Waals surface area contributed by atoms with Crippen molar-refractivity contribution < 1.29 is 36.2 Å². The van der Waals surface area contributed by atoms with Crippen LogP contribution in [0.3, 0.4) is 0 Å². The number of alkyl halides is 2. The first-order chi connectivity index (χ1) is 13.4. The van der Waals surface area contributed by atoms with E-state index in [1.54, 1.807) is 0 Å². The number of halogens is 4. The quantitative estimate of drug-likeness (QED) is 0.573. The zero-order chi connectivity index (χ0) is 20.1. The first kappa shape index (κ1) is 19.3. The van der Waals surface area contributed by atoms with E-state index in [0.717, 1.165) is 18.2 Å². The van der Waals surface area contributed by atoms with Crippen LogP contribution in [0, 0.1) is 11.6 Å². The Labute approximate surface area is 156 Å². The van der Waals surface area contributed by atoms with E-state index in [1.165, 1.54) is 36.4 Å². The first-order valence-electron chi connectivity index (χ1n) is 7.93. The predicted molar refractivity (Wildman–Crippen MR) is 90.4 cm³/mol. The highest BCUT2D eigenvalue weighted by Gasteiger charge is 2.17. The normalized spacial score (nSPS) is 10.8. The van der Waals surface area contributed by atoms with Gasteiger partial charge in [0.15, 0.2) is 11.5 Å². The Hall–Kier alpha value is -3.49. The van der Waals surface area contributed by atoms with Gasteiger partial charge in [-0.1, -0.05) is 0 Å². The largest absolute Gasteiger partial charge is 0.486 e. The van der Waals surface area contributed by atoms with Crippen LogP contribution in [0.4, 0.5) is 23.2 Å². The van der Waals surface area contributed by atoms with Gasteiger partial charge in [-0.3, -0.25) is 4.79 Å². The molecule has 0 aliphatic rings. The molecule has 0 unspecified atom stereocenters. The van der Waals surface area contributed by atoms with Crippen molar-refractivity contribution in [2.75, 3.05) is 5.32 Å². The average Bonchev–Trinajstić information content (AvgIpc) is 3.12. The minimum Gasteiger partial charge on any atom is -0.486 e. The molecular weight excluding hydrogens is 382 g/mol. The first-order valence-corrected chi connectivity index (χ1v) is 7.93. The van der Waals surface area contributed by atoms with Crippen molar-refractivity contribution in [3.05, 3.63) is 77.8 Å². The van der Waals surface area contributed by atoms with E-state index in [4.69, 9.17) is 9.15 Å². The molecule has 28 heavy (non-hydrogen) atoms. The number of rotatable bonds is 7. The van der Waals surface area contributed by atoms with Crippen LogP contribution in [0.1, 0.15) is 16.3 Å². The summed E-state index contributed by atoms with van der Waals surface area (Å²) in [7, 11) is 0. The number of hydrogen-bond acceptors (Lipinski definition) is 4. The van der Waals surface area contributed by atoms with Gasteiger partial charge in [-0.05, 0) is 48.5 Å². The Balaban J connectivity index is 1.65. The highest BCUT2D eigenvalue weighted by molar-refractivity contribution is 6.03. The molecule has 0 atom stereocenters. The molecule has 0 bridgehead atoms. The van der Waals surface area contributed by atoms with E-state index in [2.05, 4.69) is 10.1 Å². The highest BCUT2D eigenvalue weighted by atomic mass is 19.3. The van der Waals surface area contributed by atoms with Crippen molar-refractivity contribution in [3.8, 4) is 11.5 Å². The number of furan rings is 1. The van der Waals surface area contributed by atoms with E-state index in [-0.39, 0.29) is 18.1 Å². The zero-order valence-electron chi connectivity index (χ0n) is 14.1. The van der Waals surface area contributed by atoms with Gasteiger partial charge in [0.05, 0.1) is 5.69 Å². The monoisotopic (exact) mass is 395 g/mol. The van der Waals surface area contributed by atoms with Crippen molar-refractivity contribution in [2.24, 2.45) is 0 Å². The van der Waals surface area contributed by atoms with Gasteiger partial charge in [-0.25, -0.2) is 8.78 Å². The van der Waals surface area contributed by atoms with Crippen molar-refractivity contribution in [3.63, 3.8) is 0 Å². The number of ether oxygens (including phenoxy) is 2. The molecule has 146 valence electrons. The smallest absolute Gasteiger partial charge is 0.387 e. The van der Waals surface area contributed by atoms with Gasteiger partial charge >= 0.3 is 6.61 Å². The Bertz CT molecular complexity index is 957. The van der Waals surface area contributed by atoms with E-state index < -0.39 is 29.9 Å². The second-order valence-electron chi connectivity index (χ2n) is 5.48. The third-order valence-corrected chi connectivity index (χ3v) is 3.49. The lowest BCUT2D eigenvalue weighted by atomic mass is 10.2. The second kappa shape index (κ2) is 8.47. The minimum atomic E-state index is -3.18. The molecular formula is C19H13F4NO4. The fourth-order valence-electron chi connectivity index (χ4n) is 2.24. The molecule has 2 aromatic carbocycles. The van der Waals surface area contributed by atoms with Gasteiger partial charge < -0.3 is 19.2 Å². The average molecular weight is 395 g/mol. The third-order valence-electron chi connectivity index (χ3n) is 3.49. The standard InChI is InChI=1S/C19H13F4NO4/c20-11-1-4-13(5-2-11)26-10-14-6-8-16(27-14)18(25)24-15-7-3-12(21)9-17(15)28-19(22)23/h1-9,19H,10H2,(H,24,25). The summed E-state index contributed by atoms with van der Waals surface area (Å²) in [6.07, 6.45) is 0. The lowest BCUT2D eigenvalue weighted by Gasteiger charge is -2.11. The highest BCUT2D eigenvalue weighted by Crippen LogP contribution is 2.28. The lowest BCUT2D eigenvalue weighted by molar-refractivity contribution is -0.0495. The molecule has 3 aromatic rings. The fraction of sp³-hybridized carbons (Fsp3) is 0.105. The van der Waals surface area contributed by atoms with Gasteiger partial charge in [0.25, 0.3) is 5.91 Å². The van der Waals surface area contributed by atoms with E-state index in [0.29, 0.717) is 11.5 Å². The summed E-state index contributed by atoms with van der Waals surface area (Å²) in [5.41, 5.74) is -0.146. The number of carbonyl (C=O) groups is 1. The SMILES string of the molecule is O=C(Nc1ccc(F)cc1OC(F)F)c1ccc(COc2ccc(F)cc2)o1. The summed E-state index contributed by atoms with van der Waals surface area (Å²) in [6.45, 7) is -3.20. The van der Waals surface area contributed by atoms with Gasteiger partial charge in [0, 0.05) is 6.07 Å². The van der Waals surface area contributed by atoms with E-state index >= 15 is 0 Å². The van der Waals surface area contributed by atoms with Crippen LogP contribution in [-0.2, 0) is 6.61 Å². The summed E-state index contributed by atoms with van der Waals surface area (Å²) in [5.74, 6) is -1.88. The molecule has 0 saturated carbocycles. The lowest BCUT2D eigenvalue weighted by Crippen LogP contribution is -2.13. The van der Waals surface area contributed by atoms with Crippen molar-refractivity contribution in [1.82, 2.24) is 0 Å². The van der Waals surface area contributed by atoms with Crippen LogP contribution < -0.4 is 14.8 Å². The van der Waals surface area contributed by atoms with Gasteiger partial charge in [0.2, 0.25) is 0 Å². The Morgan fingerprint density at radius 3 is 2.43 bits per heavy atom. The molecule has 0 aliphatic heterocycles. The van der Waals surface area contributed by atoms with Crippen LogP contribution >= 0.6 is 0 Å². The second-order valence-corrected chi connectivity index (χ2v) is 5.48. The molecule has 0 saturated heterocycles. The molecule has 1 amide bonds. The van der Waals surface area contributed by atoms with E-state index in [1.807, 2.05) is 0 Å². The maximum Gasteiger partial charge on any atom is 0.387 e. The maximum atomic E-state index is 13.2. The Morgan fingerprint density at radius 2 is 1.71 bits per heavy atom. The number of carbonyl (C=O) groups excluding carboxylic acids is 1. The maximum absolute atomic E-state index is 13.2. The van der Waals surface area contributed by atoms with Crippen molar-refractivity contribution in [1.29, 1.82) is 0 Å². The summed E-state index contributed by atoms with van der Waals surface area (Å²) in [4.78, 5) is 12.2. The summed E-state index contributed by atoms with van der Waals surface area (Å²) >= 11 is 0. The topological polar surface area (TPSA) is 60.7 Å². The molecule has 1 N–H and O–H groups in total. The molecule has 0 spiro atoms. The van der Waals surface area contributed by atoms with Crippen LogP contribution in [0.2, 0.25) is 0 Å². The van der Waals surface area contributed by atoms with Crippen LogP contribution in [0.15, 0.2) is 59.0 Å². The number of anilines is 1. The number of nitrogens with one attached hydrogen (secondary N) is 1. The van der Waals surface area contributed by atoms with Crippen LogP contribution in [-0.4, -0.2) is 12.5 Å². The van der Waals surface area contributed by atoms with Crippen LogP contribution in [0.5, 0.6) is 11.5 Å². The number of benzene rings is 2.